The second-order valence-electron chi connectivity index (χ2n) is 7.25. The third kappa shape index (κ3) is 3.25. The highest BCUT2D eigenvalue weighted by molar-refractivity contribution is 6.31. The average Bonchev–Trinajstić information content (AvgIpc) is 2.43. The van der Waals surface area contributed by atoms with Crippen LogP contribution in [0.2, 0.25) is 5.02 Å². The van der Waals surface area contributed by atoms with Gasteiger partial charge in [0.2, 0.25) is 0 Å². The fourth-order valence-corrected chi connectivity index (χ4v) is 3.72. The van der Waals surface area contributed by atoms with Crippen molar-refractivity contribution in [3.63, 3.8) is 0 Å². The smallest absolute Gasteiger partial charge is 0.124 e. The van der Waals surface area contributed by atoms with Gasteiger partial charge in [0.05, 0.1) is 11.7 Å². The second-order valence-corrected chi connectivity index (χ2v) is 7.66. The summed E-state index contributed by atoms with van der Waals surface area (Å²) in [5.74, 6) is -0.304. The molecular formula is C17H23ClFNO. The highest BCUT2D eigenvalue weighted by Gasteiger charge is 2.43. The van der Waals surface area contributed by atoms with Gasteiger partial charge in [0.25, 0.3) is 0 Å². The molecule has 1 saturated carbocycles. The number of halogens is 2. The van der Waals surface area contributed by atoms with Crippen LogP contribution in [0.4, 0.5) is 4.39 Å². The Kier molecular flexibility index (Phi) is 4.02. The minimum Gasteiger partial charge on any atom is -0.364 e. The van der Waals surface area contributed by atoms with Gasteiger partial charge in [0, 0.05) is 23.7 Å². The summed E-state index contributed by atoms with van der Waals surface area (Å²) in [4.78, 5) is 0. The molecule has 2 nitrogen and oxygen atoms in total. The Bertz CT molecular complexity index is 522. The first kappa shape index (κ1) is 15.3. The molecule has 1 spiro atoms. The van der Waals surface area contributed by atoms with E-state index < -0.39 is 0 Å². The summed E-state index contributed by atoms with van der Waals surface area (Å²) in [6, 6.07) is 4.57. The van der Waals surface area contributed by atoms with Crippen LogP contribution < -0.4 is 5.32 Å². The molecule has 0 aromatic heterocycles. The number of ether oxygens (including phenoxy) is 1. The Morgan fingerprint density at radius 1 is 1.24 bits per heavy atom. The molecule has 2 fully saturated rings. The maximum atomic E-state index is 13.2. The van der Waals surface area contributed by atoms with Gasteiger partial charge in [-0.25, -0.2) is 4.39 Å². The standard InChI is InChI=1S/C17H23ClFNO/c1-16(2)5-7-17(8-6-16)11-20-10-15(21-17)13-4-3-12(19)9-14(13)18/h3-4,9,15,20H,5-8,10-11H2,1-2H3. The van der Waals surface area contributed by atoms with Gasteiger partial charge in [-0.05, 0) is 43.2 Å². The van der Waals surface area contributed by atoms with Crippen LogP contribution in [-0.2, 0) is 4.74 Å². The summed E-state index contributed by atoms with van der Waals surface area (Å²) in [5, 5.41) is 3.94. The molecule has 1 saturated heterocycles. The lowest BCUT2D eigenvalue weighted by atomic mass is 9.70. The summed E-state index contributed by atoms with van der Waals surface area (Å²) >= 11 is 6.19. The van der Waals surface area contributed by atoms with E-state index in [1.54, 1.807) is 6.07 Å². The first-order valence-electron chi connectivity index (χ1n) is 7.73. The minimum absolute atomic E-state index is 0.0872. The maximum Gasteiger partial charge on any atom is 0.124 e. The molecule has 3 rings (SSSR count). The molecule has 2 aliphatic rings. The van der Waals surface area contributed by atoms with Gasteiger partial charge in [-0.15, -0.1) is 0 Å². The Balaban J connectivity index is 1.77. The van der Waals surface area contributed by atoms with Gasteiger partial charge >= 0.3 is 0 Å². The van der Waals surface area contributed by atoms with Crippen molar-refractivity contribution in [2.75, 3.05) is 13.1 Å². The van der Waals surface area contributed by atoms with Crippen LogP contribution in [0.15, 0.2) is 18.2 Å². The lowest BCUT2D eigenvalue weighted by molar-refractivity contribution is -0.147. The van der Waals surface area contributed by atoms with Crippen LogP contribution in [-0.4, -0.2) is 18.7 Å². The van der Waals surface area contributed by atoms with E-state index in [0.717, 1.165) is 31.5 Å². The van der Waals surface area contributed by atoms with Gasteiger partial charge in [-0.1, -0.05) is 31.5 Å². The van der Waals surface area contributed by atoms with Crippen LogP contribution in [0.1, 0.15) is 51.2 Å². The molecule has 1 aliphatic heterocycles. The third-order valence-corrected chi connectivity index (χ3v) is 5.32. The molecule has 1 heterocycles. The number of morpholine rings is 1. The SMILES string of the molecule is CC1(C)CCC2(CC1)CNCC(c1ccc(F)cc1Cl)O2. The van der Waals surface area contributed by atoms with Crippen LogP contribution in [0.5, 0.6) is 0 Å². The molecule has 21 heavy (non-hydrogen) atoms. The number of hydrogen-bond donors (Lipinski definition) is 1. The second kappa shape index (κ2) is 5.53. The lowest BCUT2D eigenvalue weighted by Gasteiger charge is -2.48. The largest absolute Gasteiger partial charge is 0.364 e. The highest BCUT2D eigenvalue weighted by atomic mass is 35.5. The fraction of sp³-hybridized carbons (Fsp3) is 0.647. The third-order valence-electron chi connectivity index (χ3n) is 4.99. The van der Waals surface area contributed by atoms with Crippen LogP contribution >= 0.6 is 11.6 Å². The summed E-state index contributed by atoms with van der Waals surface area (Å²) in [6.07, 6.45) is 4.41. The van der Waals surface area contributed by atoms with Gasteiger partial charge in [-0.3, -0.25) is 0 Å². The highest BCUT2D eigenvalue weighted by Crippen LogP contribution is 2.45. The van der Waals surface area contributed by atoms with E-state index in [4.69, 9.17) is 16.3 Å². The van der Waals surface area contributed by atoms with Crippen molar-refractivity contribution in [1.29, 1.82) is 0 Å². The molecule has 1 atom stereocenters. The topological polar surface area (TPSA) is 21.3 Å². The lowest BCUT2D eigenvalue weighted by Crippen LogP contribution is -2.53. The van der Waals surface area contributed by atoms with Crippen molar-refractivity contribution in [3.8, 4) is 0 Å². The van der Waals surface area contributed by atoms with E-state index in [1.807, 2.05) is 0 Å². The quantitative estimate of drug-likeness (QED) is 0.825. The molecule has 0 bridgehead atoms. The zero-order chi connectivity index (χ0) is 15.1. The molecule has 1 aromatic carbocycles. The van der Waals surface area contributed by atoms with Crippen molar-refractivity contribution in [2.24, 2.45) is 5.41 Å². The van der Waals surface area contributed by atoms with E-state index in [-0.39, 0.29) is 17.5 Å². The predicted molar refractivity (Wildman–Crippen MR) is 83.1 cm³/mol. The van der Waals surface area contributed by atoms with Crippen molar-refractivity contribution >= 4 is 11.6 Å². The van der Waals surface area contributed by atoms with E-state index in [1.165, 1.54) is 25.0 Å². The van der Waals surface area contributed by atoms with Gasteiger partial charge in [-0.2, -0.15) is 0 Å². The molecule has 1 aliphatic carbocycles. The van der Waals surface area contributed by atoms with E-state index in [9.17, 15) is 4.39 Å². The zero-order valence-corrected chi connectivity index (χ0v) is 13.5. The van der Waals surface area contributed by atoms with Crippen molar-refractivity contribution in [2.45, 2.75) is 51.2 Å². The van der Waals surface area contributed by atoms with Gasteiger partial charge in [0.15, 0.2) is 0 Å². The van der Waals surface area contributed by atoms with E-state index in [2.05, 4.69) is 19.2 Å². The van der Waals surface area contributed by atoms with Crippen molar-refractivity contribution in [1.82, 2.24) is 5.32 Å². The van der Waals surface area contributed by atoms with E-state index in [0.29, 0.717) is 10.4 Å². The van der Waals surface area contributed by atoms with Crippen LogP contribution in [0.25, 0.3) is 0 Å². The first-order valence-corrected chi connectivity index (χ1v) is 8.11. The summed E-state index contributed by atoms with van der Waals surface area (Å²) in [6.45, 7) is 6.28. The molecule has 0 radical (unpaired) electrons. The Morgan fingerprint density at radius 2 is 1.95 bits per heavy atom. The fourth-order valence-electron chi connectivity index (χ4n) is 3.43. The van der Waals surface area contributed by atoms with Gasteiger partial charge in [0.1, 0.15) is 5.82 Å². The predicted octanol–water partition coefficient (Wildman–Crippen LogP) is 4.48. The molecule has 116 valence electrons. The number of nitrogens with one attached hydrogen (secondary N) is 1. The molecular weight excluding hydrogens is 289 g/mol. The number of hydrogen-bond acceptors (Lipinski definition) is 2. The van der Waals surface area contributed by atoms with Crippen molar-refractivity contribution in [3.05, 3.63) is 34.6 Å². The van der Waals surface area contributed by atoms with Crippen molar-refractivity contribution < 1.29 is 9.13 Å². The molecule has 1 aromatic rings. The number of benzene rings is 1. The van der Waals surface area contributed by atoms with Crippen LogP contribution in [0, 0.1) is 11.2 Å². The zero-order valence-electron chi connectivity index (χ0n) is 12.7. The molecule has 1 N–H and O–H groups in total. The Labute approximate surface area is 131 Å². The molecule has 4 heteroatoms. The monoisotopic (exact) mass is 311 g/mol. The van der Waals surface area contributed by atoms with E-state index >= 15 is 0 Å². The maximum absolute atomic E-state index is 13.2. The average molecular weight is 312 g/mol. The normalized spacial score (nSPS) is 27.7. The first-order chi connectivity index (χ1) is 9.89. The summed E-state index contributed by atoms with van der Waals surface area (Å²) in [7, 11) is 0. The Hall–Kier alpha value is -0.640. The summed E-state index contributed by atoms with van der Waals surface area (Å²) < 4.78 is 19.7. The van der Waals surface area contributed by atoms with Gasteiger partial charge < -0.3 is 10.1 Å². The number of rotatable bonds is 1. The minimum atomic E-state index is -0.304. The molecule has 0 amide bonds. The van der Waals surface area contributed by atoms with Crippen LogP contribution in [0.3, 0.4) is 0 Å². The molecule has 1 unspecified atom stereocenters. The Morgan fingerprint density at radius 3 is 2.62 bits per heavy atom. The summed E-state index contributed by atoms with van der Waals surface area (Å²) in [5.41, 5.74) is 1.21.